The maximum atomic E-state index is 12.6. The number of carbonyl (C=O) groups excluding carboxylic acids is 1. The Kier molecular flexibility index (Phi) is 44.7. The maximum Gasteiger partial charge on any atom is 0.472 e. The van der Waals surface area contributed by atoms with Crippen LogP contribution in [0.15, 0.2) is 12.2 Å². The van der Waals surface area contributed by atoms with E-state index in [1.165, 1.54) is 193 Å². The van der Waals surface area contributed by atoms with E-state index in [1.54, 1.807) is 0 Å². The molecule has 3 N–H and O–H groups in total. The number of phosphoric ester groups is 1. The van der Waals surface area contributed by atoms with Crippen molar-refractivity contribution < 1.29 is 32.8 Å². The quantitative estimate of drug-likeness (QED) is 0.0270. The number of rotatable bonds is 47. The second kappa shape index (κ2) is 45.3. The first-order chi connectivity index (χ1) is 27.4. The molecular weight excluding hydrogens is 721 g/mol. The van der Waals surface area contributed by atoms with Crippen LogP contribution < -0.4 is 5.73 Å². The molecule has 334 valence electrons. The summed E-state index contributed by atoms with van der Waals surface area (Å²) in [6.07, 6.45) is 49.6. The van der Waals surface area contributed by atoms with Crippen molar-refractivity contribution in [1.29, 1.82) is 0 Å². The number of hydrogen-bond donors (Lipinski definition) is 2. The first kappa shape index (κ1) is 55.2. The van der Waals surface area contributed by atoms with Gasteiger partial charge in [0.05, 0.1) is 19.8 Å². The number of allylic oxidation sites excluding steroid dienone is 2. The summed E-state index contributed by atoms with van der Waals surface area (Å²) >= 11 is 0. The van der Waals surface area contributed by atoms with E-state index in [-0.39, 0.29) is 32.3 Å². The van der Waals surface area contributed by atoms with Crippen LogP contribution in [0, 0.1) is 0 Å². The van der Waals surface area contributed by atoms with Crippen LogP contribution in [-0.4, -0.2) is 49.9 Å². The number of carbonyl (C=O) groups is 1. The van der Waals surface area contributed by atoms with Crippen LogP contribution in [-0.2, 0) is 27.9 Å². The minimum Gasteiger partial charge on any atom is -0.457 e. The molecule has 0 heterocycles. The van der Waals surface area contributed by atoms with Gasteiger partial charge in [0.15, 0.2) is 0 Å². The van der Waals surface area contributed by atoms with E-state index in [2.05, 4.69) is 26.0 Å². The van der Waals surface area contributed by atoms with E-state index in [1.807, 2.05) is 0 Å². The molecule has 0 aromatic carbocycles. The molecule has 0 aliphatic rings. The average molecular weight is 816 g/mol. The van der Waals surface area contributed by atoms with Crippen LogP contribution in [0.2, 0.25) is 0 Å². The monoisotopic (exact) mass is 816 g/mol. The molecule has 2 unspecified atom stereocenters. The lowest BCUT2D eigenvalue weighted by Gasteiger charge is -2.20. The van der Waals surface area contributed by atoms with Crippen LogP contribution in [0.25, 0.3) is 0 Å². The maximum absolute atomic E-state index is 12.6. The number of hydrogen-bond acceptors (Lipinski definition) is 7. The van der Waals surface area contributed by atoms with Gasteiger partial charge in [-0.25, -0.2) is 4.57 Å². The lowest BCUT2D eigenvalue weighted by Crippen LogP contribution is -2.28. The molecule has 0 rings (SSSR count). The number of phosphoric acid groups is 1. The van der Waals surface area contributed by atoms with Crippen LogP contribution in [0.1, 0.15) is 245 Å². The van der Waals surface area contributed by atoms with Crippen LogP contribution in [0.4, 0.5) is 0 Å². The minimum absolute atomic E-state index is 0.0917. The Balaban J connectivity index is 3.85. The number of esters is 1. The molecule has 0 aromatic heterocycles. The van der Waals surface area contributed by atoms with Crippen molar-refractivity contribution in [2.24, 2.45) is 5.73 Å². The Hall–Kier alpha value is -0.760. The first-order valence-electron chi connectivity index (χ1n) is 24.2. The van der Waals surface area contributed by atoms with Crippen molar-refractivity contribution in [3.05, 3.63) is 12.2 Å². The van der Waals surface area contributed by atoms with Crippen LogP contribution in [0.5, 0.6) is 0 Å². The highest BCUT2D eigenvalue weighted by atomic mass is 31.2. The van der Waals surface area contributed by atoms with Gasteiger partial charge in [-0.2, -0.15) is 0 Å². The Morgan fingerprint density at radius 2 is 0.893 bits per heavy atom. The van der Waals surface area contributed by atoms with Crippen molar-refractivity contribution in [1.82, 2.24) is 0 Å². The molecule has 0 radical (unpaired) electrons. The standard InChI is InChI=1S/C47H94NO7P/c1-3-5-7-9-11-13-15-17-18-19-20-21-22-23-24-25-26-27-28-29-30-32-34-36-38-40-47(49)55-46(45-54-56(50,51)53-43-41-48)44-52-42-39-37-35-33-31-16-14-12-10-8-6-4-2/h19-20,46H,3-18,21-45,48H2,1-2H3,(H,50,51)/b20-19-. The van der Waals surface area contributed by atoms with Gasteiger partial charge in [-0.1, -0.05) is 212 Å². The molecule has 9 heteroatoms. The summed E-state index contributed by atoms with van der Waals surface area (Å²) < 4.78 is 33.5. The van der Waals surface area contributed by atoms with Gasteiger partial charge in [0.25, 0.3) is 0 Å². The van der Waals surface area contributed by atoms with E-state index in [9.17, 15) is 14.3 Å². The van der Waals surface area contributed by atoms with E-state index in [4.69, 9.17) is 24.3 Å². The van der Waals surface area contributed by atoms with E-state index >= 15 is 0 Å². The van der Waals surface area contributed by atoms with Gasteiger partial charge in [-0.3, -0.25) is 13.8 Å². The second-order valence-electron chi connectivity index (χ2n) is 16.3. The zero-order valence-electron chi connectivity index (χ0n) is 37.1. The summed E-state index contributed by atoms with van der Waals surface area (Å²) in [5, 5.41) is 0. The fraction of sp³-hybridized carbons (Fsp3) is 0.936. The predicted molar refractivity (Wildman–Crippen MR) is 238 cm³/mol. The molecule has 56 heavy (non-hydrogen) atoms. The molecule has 0 aliphatic heterocycles. The van der Waals surface area contributed by atoms with Crippen molar-refractivity contribution in [3.63, 3.8) is 0 Å². The van der Waals surface area contributed by atoms with Gasteiger partial charge in [0, 0.05) is 19.6 Å². The SMILES string of the molecule is CCCCCCCCCC/C=C\CCCCCCCCCCCCCCCC(=O)OC(COCCCCCCCCCCCCCC)COP(=O)(O)OCCN. The summed E-state index contributed by atoms with van der Waals surface area (Å²) in [6, 6.07) is 0. The third-order valence-corrected chi connectivity index (χ3v) is 11.7. The number of ether oxygens (including phenoxy) is 2. The molecule has 0 bridgehead atoms. The number of unbranched alkanes of at least 4 members (excludes halogenated alkanes) is 32. The third-order valence-electron chi connectivity index (χ3n) is 10.7. The molecule has 0 spiro atoms. The molecule has 0 aromatic rings. The molecule has 0 fully saturated rings. The van der Waals surface area contributed by atoms with Crippen LogP contribution >= 0.6 is 7.82 Å². The second-order valence-corrected chi connectivity index (χ2v) is 17.8. The molecule has 0 saturated heterocycles. The highest BCUT2D eigenvalue weighted by Gasteiger charge is 2.25. The molecule has 2 atom stereocenters. The van der Waals surface area contributed by atoms with Gasteiger partial charge < -0.3 is 20.1 Å². The molecule has 0 saturated carbocycles. The fourth-order valence-corrected chi connectivity index (χ4v) is 7.88. The predicted octanol–water partition coefficient (Wildman–Crippen LogP) is 14.6. The van der Waals surface area contributed by atoms with E-state index in [0.29, 0.717) is 13.0 Å². The summed E-state index contributed by atoms with van der Waals surface area (Å²) in [6.45, 7) is 4.97. The Morgan fingerprint density at radius 3 is 1.30 bits per heavy atom. The topological polar surface area (TPSA) is 117 Å². The Morgan fingerprint density at radius 1 is 0.518 bits per heavy atom. The van der Waals surface area contributed by atoms with Crippen molar-refractivity contribution >= 4 is 13.8 Å². The fourth-order valence-electron chi connectivity index (χ4n) is 7.11. The molecule has 0 aliphatic carbocycles. The van der Waals surface area contributed by atoms with Gasteiger partial charge in [-0.05, 0) is 38.5 Å². The summed E-state index contributed by atoms with van der Waals surface area (Å²) in [7, 11) is -4.27. The zero-order valence-corrected chi connectivity index (χ0v) is 38.0. The normalized spacial score (nSPS) is 13.4. The lowest BCUT2D eigenvalue weighted by atomic mass is 10.0. The zero-order chi connectivity index (χ0) is 40.9. The van der Waals surface area contributed by atoms with Crippen molar-refractivity contribution in [2.75, 3.05) is 33.0 Å². The highest BCUT2D eigenvalue weighted by Crippen LogP contribution is 2.43. The van der Waals surface area contributed by atoms with Crippen LogP contribution in [0.3, 0.4) is 0 Å². The molecule has 0 amide bonds. The molecular formula is C47H94NO7P. The highest BCUT2D eigenvalue weighted by molar-refractivity contribution is 7.47. The third kappa shape index (κ3) is 44.3. The number of nitrogens with two attached hydrogens (primary N) is 1. The van der Waals surface area contributed by atoms with Crippen molar-refractivity contribution in [3.8, 4) is 0 Å². The van der Waals surface area contributed by atoms with E-state index < -0.39 is 13.9 Å². The minimum atomic E-state index is -4.27. The van der Waals surface area contributed by atoms with E-state index in [0.717, 1.165) is 32.1 Å². The van der Waals surface area contributed by atoms with Gasteiger partial charge in [0.1, 0.15) is 6.10 Å². The van der Waals surface area contributed by atoms with Crippen molar-refractivity contribution in [2.45, 2.75) is 251 Å². The average Bonchev–Trinajstić information content (AvgIpc) is 3.19. The Labute approximate surface area is 347 Å². The first-order valence-corrected chi connectivity index (χ1v) is 25.7. The molecule has 8 nitrogen and oxygen atoms in total. The lowest BCUT2D eigenvalue weighted by molar-refractivity contribution is -0.154. The van der Waals surface area contributed by atoms with Gasteiger partial charge >= 0.3 is 13.8 Å². The smallest absolute Gasteiger partial charge is 0.457 e. The van der Waals surface area contributed by atoms with Gasteiger partial charge in [-0.15, -0.1) is 0 Å². The van der Waals surface area contributed by atoms with Gasteiger partial charge in [0.2, 0.25) is 0 Å². The Bertz CT molecular complexity index is 873. The summed E-state index contributed by atoms with van der Waals surface area (Å²) in [5.41, 5.74) is 5.37. The summed E-state index contributed by atoms with van der Waals surface area (Å²) in [4.78, 5) is 22.5. The summed E-state index contributed by atoms with van der Waals surface area (Å²) in [5.74, 6) is -0.325. The largest absolute Gasteiger partial charge is 0.472 e.